The first-order valence-electron chi connectivity index (χ1n) is 8.62. The van der Waals surface area contributed by atoms with Crippen LogP contribution in [0.5, 0.6) is 0 Å². The molecule has 4 nitrogen and oxygen atoms in total. The van der Waals surface area contributed by atoms with Crippen molar-refractivity contribution in [2.24, 2.45) is 0 Å². The second-order valence-electron chi connectivity index (χ2n) is 6.13. The lowest BCUT2D eigenvalue weighted by molar-refractivity contribution is 1.06. The highest BCUT2D eigenvalue weighted by Gasteiger charge is 2.18. The summed E-state index contributed by atoms with van der Waals surface area (Å²) in [6.45, 7) is 2.17. The molecule has 5 aromatic rings. The second kappa shape index (κ2) is 6.04. The second-order valence-corrected chi connectivity index (χ2v) is 7.08. The lowest BCUT2D eigenvalue weighted by Gasteiger charge is -2.09. The third-order valence-electron chi connectivity index (χ3n) is 4.49. The van der Waals surface area contributed by atoms with Gasteiger partial charge in [-0.15, -0.1) is 11.3 Å². The van der Waals surface area contributed by atoms with E-state index in [-0.39, 0.29) is 0 Å². The zero-order valence-corrected chi connectivity index (χ0v) is 15.1. The maximum Gasteiger partial charge on any atom is 0.199 e. The lowest BCUT2D eigenvalue weighted by atomic mass is 10.1. The molecule has 0 bridgehead atoms. The van der Waals surface area contributed by atoms with Gasteiger partial charge in [0.1, 0.15) is 0 Å². The van der Waals surface area contributed by atoms with E-state index in [0.29, 0.717) is 5.65 Å². The monoisotopic (exact) mass is 356 g/mol. The smallest absolute Gasteiger partial charge is 0.199 e. The van der Waals surface area contributed by atoms with Crippen molar-refractivity contribution < 1.29 is 0 Å². The Kier molecular flexibility index (Phi) is 3.53. The van der Waals surface area contributed by atoms with Crippen LogP contribution < -0.4 is 0 Å². The normalized spacial score (nSPS) is 11.4. The van der Waals surface area contributed by atoms with Crippen molar-refractivity contribution >= 4 is 33.7 Å². The summed E-state index contributed by atoms with van der Waals surface area (Å²) in [6, 6.07) is 20.6. The third kappa shape index (κ3) is 2.40. The Hall–Kier alpha value is -3.05. The Labute approximate surface area is 154 Å². The summed E-state index contributed by atoms with van der Waals surface area (Å²) in [4.78, 5) is 15.6. The summed E-state index contributed by atoms with van der Waals surface area (Å²) in [5.74, 6) is 0.888. The van der Waals surface area contributed by atoms with Crippen molar-refractivity contribution in [1.29, 1.82) is 0 Å². The molecule has 0 atom stereocenters. The van der Waals surface area contributed by atoms with Gasteiger partial charge in [-0.1, -0.05) is 37.3 Å². The van der Waals surface area contributed by atoms with E-state index in [1.54, 1.807) is 11.3 Å². The molecule has 3 aromatic heterocycles. The van der Waals surface area contributed by atoms with Crippen molar-refractivity contribution in [3.63, 3.8) is 0 Å². The van der Waals surface area contributed by atoms with Gasteiger partial charge < -0.3 is 0 Å². The molecule has 26 heavy (non-hydrogen) atoms. The van der Waals surface area contributed by atoms with E-state index in [9.17, 15) is 0 Å². The third-order valence-corrected chi connectivity index (χ3v) is 5.35. The molecular weight excluding hydrogens is 340 g/mol. The molecule has 0 saturated heterocycles. The summed E-state index contributed by atoms with van der Waals surface area (Å²) < 4.78 is 2.12. The molecule has 0 aliphatic rings. The number of thiophene rings is 1. The first-order valence-corrected chi connectivity index (χ1v) is 9.50. The Bertz CT molecular complexity index is 1220. The van der Waals surface area contributed by atoms with E-state index >= 15 is 0 Å². The number of rotatable bonds is 3. The maximum absolute atomic E-state index is 4.88. The fourth-order valence-corrected chi connectivity index (χ4v) is 3.89. The summed E-state index contributed by atoms with van der Waals surface area (Å²) in [5, 5.41) is 2.07. The standard InChI is InChI=1S/C21H16N4S/c1-2-14-7-5-8-15(13-14)25-20(18-11-6-12-26-18)24-19-21(25)23-17-10-4-3-9-16(17)22-19/h3-13H,2H2,1H3. The van der Waals surface area contributed by atoms with Crippen LogP contribution in [0.4, 0.5) is 0 Å². The SMILES string of the molecule is CCc1cccc(-n2c(-c3cccs3)nc3nc4ccccc4nc32)c1. The zero-order valence-electron chi connectivity index (χ0n) is 14.3. The number of aromatic nitrogens is 4. The van der Waals surface area contributed by atoms with Gasteiger partial charge in [0.15, 0.2) is 17.1 Å². The van der Waals surface area contributed by atoms with E-state index in [4.69, 9.17) is 15.0 Å². The van der Waals surface area contributed by atoms with Crippen molar-refractivity contribution in [1.82, 2.24) is 19.5 Å². The molecule has 0 unspecified atom stereocenters. The first-order chi connectivity index (χ1) is 12.8. The van der Waals surface area contributed by atoms with Gasteiger partial charge in [-0.3, -0.25) is 4.57 Å². The minimum atomic E-state index is 0.675. The van der Waals surface area contributed by atoms with Gasteiger partial charge in [0.25, 0.3) is 0 Å². The Morgan fingerprint density at radius 1 is 0.885 bits per heavy atom. The van der Waals surface area contributed by atoms with Crippen LogP contribution in [-0.2, 0) is 6.42 Å². The molecule has 3 heterocycles. The number of hydrogen-bond donors (Lipinski definition) is 0. The zero-order chi connectivity index (χ0) is 17.5. The molecule has 0 spiro atoms. The number of imidazole rings is 1. The maximum atomic E-state index is 4.88. The minimum absolute atomic E-state index is 0.675. The van der Waals surface area contributed by atoms with Crippen LogP contribution in [0, 0.1) is 0 Å². The summed E-state index contributed by atoms with van der Waals surface area (Å²) in [6.07, 6.45) is 0.989. The van der Waals surface area contributed by atoms with E-state index in [1.807, 2.05) is 30.3 Å². The number of benzene rings is 2. The number of hydrogen-bond acceptors (Lipinski definition) is 4. The summed E-state index contributed by atoms with van der Waals surface area (Å²) >= 11 is 1.68. The largest absolute Gasteiger partial charge is 0.275 e. The fourth-order valence-electron chi connectivity index (χ4n) is 3.19. The van der Waals surface area contributed by atoms with Gasteiger partial charge in [0, 0.05) is 5.69 Å². The molecular formula is C21H16N4S. The van der Waals surface area contributed by atoms with Crippen molar-refractivity contribution in [2.75, 3.05) is 0 Å². The van der Waals surface area contributed by atoms with Gasteiger partial charge >= 0.3 is 0 Å². The molecule has 0 fully saturated rings. The molecule has 5 heteroatoms. The van der Waals surface area contributed by atoms with Crippen LogP contribution in [0.2, 0.25) is 0 Å². The van der Waals surface area contributed by atoms with Crippen molar-refractivity contribution in [2.45, 2.75) is 13.3 Å². The summed E-state index contributed by atoms with van der Waals surface area (Å²) in [5.41, 5.74) is 5.57. The molecule has 0 radical (unpaired) electrons. The first kappa shape index (κ1) is 15.2. The number of fused-ring (bicyclic) bond motifs is 2. The molecule has 0 N–H and O–H groups in total. The number of nitrogens with zero attached hydrogens (tertiary/aromatic N) is 4. The van der Waals surface area contributed by atoms with E-state index < -0.39 is 0 Å². The van der Waals surface area contributed by atoms with Gasteiger partial charge in [-0.05, 0) is 47.7 Å². The summed E-state index contributed by atoms with van der Waals surface area (Å²) in [7, 11) is 0. The van der Waals surface area contributed by atoms with E-state index in [2.05, 4.69) is 47.2 Å². The van der Waals surface area contributed by atoms with E-state index in [0.717, 1.165) is 39.5 Å². The number of para-hydroxylation sites is 2. The molecule has 5 rings (SSSR count). The molecule has 0 saturated carbocycles. The molecule has 0 aliphatic carbocycles. The van der Waals surface area contributed by atoms with Crippen molar-refractivity contribution in [3.05, 3.63) is 71.6 Å². The van der Waals surface area contributed by atoms with Gasteiger partial charge in [0.2, 0.25) is 0 Å². The minimum Gasteiger partial charge on any atom is -0.275 e. The number of aryl methyl sites for hydroxylation is 1. The Morgan fingerprint density at radius 3 is 2.50 bits per heavy atom. The van der Waals surface area contributed by atoms with Crippen LogP contribution in [0.1, 0.15) is 12.5 Å². The molecule has 126 valence electrons. The molecule has 2 aromatic carbocycles. The van der Waals surface area contributed by atoms with E-state index in [1.165, 1.54) is 5.56 Å². The quantitative estimate of drug-likeness (QED) is 0.443. The van der Waals surface area contributed by atoms with Gasteiger partial charge in [-0.2, -0.15) is 0 Å². The lowest BCUT2D eigenvalue weighted by Crippen LogP contribution is -1.99. The Morgan fingerprint density at radius 2 is 1.73 bits per heavy atom. The van der Waals surface area contributed by atoms with Gasteiger partial charge in [0.05, 0.1) is 15.9 Å². The fraction of sp³-hybridized carbons (Fsp3) is 0.0952. The average Bonchev–Trinajstić information content (AvgIpc) is 3.33. The van der Waals surface area contributed by atoms with Crippen LogP contribution in [0.15, 0.2) is 66.0 Å². The Balaban J connectivity index is 1.88. The highest BCUT2D eigenvalue weighted by Crippen LogP contribution is 2.31. The van der Waals surface area contributed by atoms with Crippen LogP contribution >= 0.6 is 11.3 Å². The van der Waals surface area contributed by atoms with Crippen LogP contribution in [0.25, 0.3) is 38.7 Å². The highest BCUT2D eigenvalue weighted by atomic mass is 32.1. The topological polar surface area (TPSA) is 43.6 Å². The predicted octanol–water partition coefficient (Wildman–Crippen LogP) is 5.26. The van der Waals surface area contributed by atoms with Crippen LogP contribution in [-0.4, -0.2) is 19.5 Å². The molecule has 0 amide bonds. The predicted molar refractivity (Wildman–Crippen MR) is 107 cm³/mol. The van der Waals surface area contributed by atoms with Crippen molar-refractivity contribution in [3.8, 4) is 16.4 Å². The highest BCUT2D eigenvalue weighted by molar-refractivity contribution is 7.13. The van der Waals surface area contributed by atoms with Gasteiger partial charge in [-0.25, -0.2) is 15.0 Å². The molecule has 0 aliphatic heterocycles. The average molecular weight is 356 g/mol. The van der Waals surface area contributed by atoms with Crippen LogP contribution in [0.3, 0.4) is 0 Å².